The number of rotatable bonds is 1. The van der Waals surface area contributed by atoms with E-state index in [9.17, 15) is 9.90 Å². The van der Waals surface area contributed by atoms with Gasteiger partial charge in [0.25, 0.3) is 0 Å². The minimum Gasteiger partial charge on any atom is -0.386 e. The van der Waals surface area contributed by atoms with Gasteiger partial charge in [-0.3, -0.25) is 4.79 Å². The molecular weight excluding hydrogens is 348 g/mol. The van der Waals surface area contributed by atoms with Crippen molar-refractivity contribution in [2.24, 2.45) is 28.6 Å². The van der Waals surface area contributed by atoms with Crippen LogP contribution in [0.5, 0.6) is 0 Å². The smallest absolute Gasteiger partial charge is 0.159 e. The summed E-state index contributed by atoms with van der Waals surface area (Å²) in [4.78, 5) is 12.2. The predicted molar refractivity (Wildman–Crippen MR) is 112 cm³/mol. The molecule has 1 N–H and O–H groups in total. The second-order valence-electron chi connectivity index (χ2n) is 10.9. The molecule has 0 aromatic carbocycles. The lowest BCUT2D eigenvalue weighted by molar-refractivity contribution is -0.163. The van der Waals surface area contributed by atoms with Gasteiger partial charge in [-0.2, -0.15) is 0 Å². The molecule has 3 aliphatic carbocycles. The Morgan fingerprint density at radius 3 is 2.50 bits per heavy atom. The minimum atomic E-state index is -0.907. The summed E-state index contributed by atoms with van der Waals surface area (Å²) in [7, 11) is 0. The zero-order chi connectivity index (χ0) is 20.5. The lowest BCUT2D eigenvalue weighted by atomic mass is 9.47. The van der Waals surface area contributed by atoms with Crippen molar-refractivity contribution in [1.82, 2.24) is 0 Å². The van der Waals surface area contributed by atoms with E-state index in [0.717, 1.165) is 12.0 Å². The van der Waals surface area contributed by atoms with E-state index in [4.69, 9.17) is 4.74 Å². The van der Waals surface area contributed by atoms with E-state index in [1.165, 1.54) is 18.4 Å². The molecule has 4 aliphatic rings. The van der Waals surface area contributed by atoms with Crippen molar-refractivity contribution in [1.29, 1.82) is 0 Å². The first kappa shape index (κ1) is 20.1. The molecule has 0 aromatic rings. The number of Topliss-reactive ketones (excluding diaryl/α,β-unsaturated/α-hetero) is 1. The third-order valence-electron chi connectivity index (χ3n) is 8.37. The van der Waals surface area contributed by atoms with E-state index < -0.39 is 5.60 Å². The molecule has 1 saturated carbocycles. The maximum Gasteiger partial charge on any atom is 0.159 e. The van der Waals surface area contributed by atoms with Gasteiger partial charge in [0.05, 0.1) is 17.8 Å². The molecular formula is C25H36O3. The van der Waals surface area contributed by atoms with E-state index in [-0.39, 0.29) is 40.7 Å². The molecule has 0 aromatic heterocycles. The number of carbonyl (C=O) groups excluding carboxylic acids is 1. The lowest BCUT2D eigenvalue weighted by Crippen LogP contribution is -2.60. The number of aliphatic hydroxyl groups is 1. The zero-order valence-electron chi connectivity index (χ0n) is 18.3. The number of allylic oxidation sites excluding steroid dienone is 2. The van der Waals surface area contributed by atoms with E-state index >= 15 is 0 Å². The molecule has 28 heavy (non-hydrogen) atoms. The Kier molecular flexibility index (Phi) is 4.60. The summed E-state index contributed by atoms with van der Waals surface area (Å²) in [5.41, 5.74) is 1.35. The molecule has 3 nitrogen and oxygen atoms in total. The quantitative estimate of drug-likeness (QED) is 0.647. The van der Waals surface area contributed by atoms with Crippen molar-refractivity contribution < 1.29 is 14.6 Å². The van der Waals surface area contributed by atoms with Crippen LogP contribution in [0.15, 0.2) is 35.5 Å². The highest BCUT2D eigenvalue weighted by Gasteiger charge is 2.59. The summed E-state index contributed by atoms with van der Waals surface area (Å²) in [6.07, 6.45) is 12.4. The van der Waals surface area contributed by atoms with Gasteiger partial charge in [0.2, 0.25) is 0 Å². The van der Waals surface area contributed by atoms with Gasteiger partial charge in [-0.15, -0.1) is 0 Å². The van der Waals surface area contributed by atoms with Crippen LogP contribution in [-0.4, -0.2) is 28.7 Å². The first-order valence-corrected chi connectivity index (χ1v) is 10.9. The highest BCUT2D eigenvalue weighted by Crippen LogP contribution is 2.61. The molecule has 1 fully saturated rings. The van der Waals surface area contributed by atoms with Crippen molar-refractivity contribution in [3.8, 4) is 0 Å². The van der Waals surface area contributed by atoms with Crippen molar-refractivity contribution in [3.63, 3.8) is 0 Å². The Morgan fingerprint density at radius 2 is 1.79 bits per heavy atom. The molecule has 0 radical (unpaired) electrons. The fourth-order valence-corrected chi connectivity index (χ4v) is 6.99. The van der Waals surface area contributed by atoms with E-state index in [0.29, 0.717) is 12.3 Å². The average molecular weight is 385 g/mol. The van der Waals surface area contributed by atoms with Gasteiger partial charge >= 0.3 is 0 Å². The van der Waals surface area contributed by atoms with Crippen molar-refractivity contribution in [3.05, 3.63) is 35.5 Å². The third kappa shape index (κ3) is 2.97. The molecule has 0 unspecified atom stereocenters. The Bertz CT molecular complexity index is 769. The van der Waals surface area contributed by atoms with Gasteiger partial charge in [0, 0.05) is 18.3 Å². The molecule has 0 amide bonds. The maximum atomic E-state index is 12.2. The number of carbonyl (C=O) groups is 1. The molecule has 0 bridgehead atoms. The summed E-state index contributed by atoms with van der Waals surface area (Å²) < 4.78 is 6.64. The van der Waals surface area contributed by atoms with E-state index in [2.05, 4.69) is 39.8 Å². The van der Waals surface area contributed by atoms with Crippen LogP contribution in [0.4, 0.5) is 0 Å². The standard InChI is InChI=1S/C25H36O3/c1-15-12-20(28-19-13-16(2)18(26)14-17(15)19)22-24(5)10-7-9-23(3,4)21(24)8-11-25(22,6)27/h8,11-13,17,19-22,27H,7,9-10,14H2,1-6H3/t17-,19-,20-,21+,22-,24+,25-/m1/s1. The van der Waals surface area contributed by atoms with Gasteiger partial charge in [0.1, 0.15) is 0 Å². The van der Waals surface area contributed by atoms with Gasteiger partial charge in [0.15, 0.2) is 5.78 Å². The normalized spacial score (nSPS) is 47.7. The zero-order valence-corrected chi connectivity index (χ0v) is 18.3. The second-order valence-corrected chi connectivity index (χ2v) is 10.9. The van der Waals surface area contributed by atoms with Crippen molar-refractivity contribution in [2.45, 2.75) is 85.0 Å². The van der Waals surface area contributed by atoms with Crippen LogP contribution in [0.1, 0.15) is 67.2 Å². The minimum absolute atomic E-state index is 0.00295. The van der Waals surface area contributed by atoms with Crippen LogP contribution in [0, 0.1) is 28.6 Å². The number of ether oxygens (including phenoxy) is 1. The number of hydrogen-bond donors (Lipinski definition) is 1. The SMILES string of the molecule is CC1=C[C@H]2O[C@@H]([C@@H]3[C@@]4(C)CCCC(C)(C)[C@@H]4C=C[C@@]3(C)O)C=C(C)[C@H]2CC1=O. The van der Waals surface area contributed by atoms with Crippen LogP contribution >= 0.6 is 0 Å². The largest absolute Gasteiger partial charge is 0.386 e. The fourth-order valence-electron chi connectivity index (χ4n) is 6.99. The first-order valence-electron chi connectivity index (χ1n) is 10.9. The second kappa shape index (κ2) is 6.40. The van der Waals surface area contributed by atoms with Crippen LogP contribution in [0.25, 0.3) is 0 Å². The maximum absolute atomic E-state index is 12.2. The molecule has 4 rings (SSSR count). The van der Waals surface area contributed by atoms with E-state index in [1.807, 2.05) is 26.0 Å². The summed E-state index contributed by atoms with van der Waals surface area (Å²) in [6.45, 7) is 13.1. The predicted octanol–water partition coefficient (Wildman–Crippen LogP) is 5.01. The van der Waals surface area contributed by atoms with Crippen LogP contribution in [0.3, 0.4) is 0 Å². The Balaban J connectivity index is 1.75. The van der Waals surface area contributed by atoms with Gasteiger partial charge < -0.3 is 9.84 Å². The Morgan fingerprint density at radius 1 is 1.07 bits per heavy atom. The Hall–Kier alpha value is -1.19. The van der Waals surface area contributed by atoms with E-state index in [1.54, 1.807) is 0 Å². The number of fused-ring (bicyclic) bond motifs is 2. The van der Waals surface area contributed by atoms with Crippen molar-refractivity contribution >= 4 is 5.78 Å². The molecule has 7 atom stereocenters. The fraction of sp³-hybridized carbons (Fsp3) is 0.720. The summed E-state index contributed by atoms with van der Waals surface area (Å²) in [6, 6.07) is 0. The van der Waals surface area contributed by atoms with Gasteiger partial charge in [-0.25, -0.2) is 0 Å². The molecule has 0 saturated heterocycles. The Labute approximate surface area is 169 Å². The molecule has 1 heterocycles. The highest BCUT2D eigenvalue weighted by atomic mass is 16.5. The van der Waals surface area contributed by atoms with Crippen LogP contribution in [-0.2, 0) is 9.53 Å². The summed E-state index contributed by atoms with van der Waals surface area (Å²) >= 11 is 0. The summed E-state index contributed by atoms with van der Waals surface area (Å²) in [5.74, 6) is 0.795. The first-order chi connectivity index (χ1) is 13.0. The topological polar surface area (TPSA) is 46.5 Å². The molecule has 154 valence electrons. The summed E-state index contributed by atoms with van der Waals surface area (Å²) in [5, 5.41) is 11.5. The number of hydrogen-bond acceptors (Lipinski definition) is 3. The molecule has 3 heteroatoms. The van der Waals surface area contributed by atoms with Crippen LogP contribution < -0.4 is 0 Å². The number of ketones is 1. The lowest BCUT2D eigenvalue weighted by Gasteiger charge is -2.60. The van der Waals surface area contributed by atoms with Gasteiger partial charge in [-0.05, 0) is 62.0 Å². The van der Waals surface area contributed by atoms with Crippen molar-refractivity contribution in [2.75, 3.05) is 0 Å². The van der Waals surface area contributed by atoms with Gasteiger partial charge in [-0.1, -0.05) is 51.0 Å². The van der Waals surface area contributed by atoms with Crippen LogP contribution in [0.2, 0.25) is 0 Å². The average Bonchev–Trinajstić information content (AvgIpc) is 2.54. The highest BCUT2D eigenvalue weighted by molar-refractivity contribution is 5.96. The third-order valence-corrected chi connectivity index (χ3v) is 8.37. The molecule has 0 spiro atoms. The monoisotopic (exact) mass is 384 g/mol. The molecule has 1 aliphatic heterocycles.